The van der Waals surface area contributed by atoms with E-state index in [9.17, 15) is 4.79 Å². The van der Waals surface area contributed by atoms with Gasteiger partial charge in [0.05, 0.1) is 17.8 Å². The maximum absolute atomic E-state index is 12.1. The predicted octanol–water partition coefficient (Wildman–Crippen LogP) is 1.26. The van der Waals surface area contributed by atoms with Gasteiger partial charge in [-0.3, -0.25) is 0 Å². The van der Waals surface area contributed by atoms with E-state index < -0.39 is 0 Å². The van der Waals surface area contributed by atoms with Crippen LogP contribution in [0, 0.1) is 0 Å². The molecule has 9 heteroatoms. The molecule has 0 aliphatic heterocycles. The summed E-state index contributed by atoms with van der Waals surface area (Å²) in [7, 11) is 0. The second-order valence-electron chi connectivity index (χ2n) is 6.28. The molecule has 0 spiro atoms. The Morgan fingerprint density at radius 3 is 3.08 bits per heavy atom. The minimum absolute atomic E-state index is 0.235. The van der Waals surface area contributed by atoms with E-state index >= 15 is 0 Å². The highest BCUT2D eigenvalue weighted by Crippen LogP contribution is 2.35. The summed E-state index contributed by atoms with van der Waals surface area (Å²) in [5.41, 5.74) is 1.85. The average molecular weight is 340 g/mol. The Morgan fingerprint density at radius 1 is 1.40 bits per heavy atom. The first-order chi connectivity index (χ1) is 12.2. The van der Waals surface area contributed by atoms with Crippen LogP contribution in [-0.4, -0.2) is 42.2 Å². The molecule has 2 amide bonds. The molecule has 25 heavy (non-hydrogen) atoms. The zero-order valence-corrected chi connectivity index (χ0v) is 14.0. The van der Waals surface area contributed by atoms with Crippen molar-refractivity contribution < 1.29 is 4.79 Å². The number of tetrazole rings is 1. The van der Waals surface area contributed by atoms with Gasteiger partial charge >= 0.3 is 6.03 Å². The van der Waals surface area contributed by atoms with E-state index in [0.717, 1.165) is 24.2 Å². The molecule has 9 nitrogen and oxygen atoms in total. The van der Waals surface area contributed by atoms with E-state index in [1.807, 2.05) is 46.6 Å². The molecule has 0 aromatic carbocycles. The topological polar surface area (TPSA) is 102 Å². The van der Waals surface area contributed by atoms with E-state index in [4.69, 9.17) is 0 Å². The first-order valence-corrected chi connectivity index (χ1v) is 8.45. The zero-order valence-electron chi connectivity index (χ0n) is 14.0. The summed E-state index contributed by atoms with van der Waals surface area (Å²) in [6, 6.07) is 5.77. The van der Waals surface area contributed by atoms with Crippen LogP contribution in [0.15, 0.2) is 30.6 Å². The molecule has 1 atom stereocenters. The summed E-state index contributed by atoms with van der Waals surface area (Å²) >= 11 is 0. The lowest BCUT2D eigenvalue weighted by Gasteiger charge is -2.14. The number of hydrogen-bond donors (Lipinski definition) is 2. The number of pyridine rings is 1. The zero-order chi connectivity index (χ0) is 17.2. The highest BCUT2D eigenvalue weighted by Gasteiger charge is 2.29. The fourth-order valence-electron chi connectivity index (χ4n) is 2.79. The van der Waals surface area contributed by atoms with Gasteiger partial charge < -0.3 is 15.0 Å². The monoisotopic (exact) mass is 340 g/mol. The lowest BCUT2D eigenvalue weighted by molar-refractivity contribution is 0.237. The number of imidazole rings is 1. The lowest BCUT2D eigenvalue weighted by atomic mass is 10.3. The van der Waals surface area contributed by atoms with Crippen molar-refractivity contribution in [2.75, 3.05) is 6.54 Å². The lowest BCUT2D eigenvalue weighted by Crippen LogP contribution is -2.38. The van der Waals surface area contributed by atoms with Crippen LogP contribution < -0.4 is 10.6 Å². The minimum atomic E-state index is -0.245. The number of aromatic nitrogens is 6. The summed E-state index contributed by atoms with van der Waals surface area (Å²) in [5, 5.41) is 17.5. The van der Waals surface area contributed by atoms with Crippen molar-refractivity contribution >= 4 is 11.7 Å². The molecule has 0 radical (unpaired) electrons. The molecule has 1 aliphatic rings. The molecule has 2 N–H and O–H groups in total. The molecule has 3 aromatic heterocycles. The van der Waals surface area contributed by atoms with Gasteiger partial charge in [0.25, 0.3) is 0 Å². The van der Waals surface area contributed by atoms with E-state index in [0.29, 0.717) is 24.8 Å². The highest BCUT2D eigenvalue weighted by molar-refractivity contribution is 5.74. The number of nitrogens with zero attached hydrogens (tertiary/aromatic N) is 6. The number of fused-ring (bicyclic) bond motifs is 1. The summed E-state index contributed by atoms with van der Waals surface area (Å²) < 4.78 is 3.77. The maximum Gasteiger partial charge on any atom is 0.315 e. The summed E-state index contributed by atoms with van der Waals surface area (Å²) in [5.74, 6) is 0.693. The Bertz CT molecular complexity index is 848. The van der Waals surface area contributed by atoms with Crippen LogP contribution in [0.4, 0.5) is 4.79 Å². The quantitative estimate of drug-likeness (QED) is 0.703. The van der Waals surface area contributed by atoms with Gasteiger partial charge in [0.15, 0.2) is 5.82 Å². The standard InChI is InChI=1S/C16H20N8O/c1-11(15-20-21-22-24(15)13-5-6-13)18-16(25)17-8-7-12-10-23-9-3-2-4-14(23)19-12/h2-4,9-11,13H,5-8H2,1H3,(H2,17,18,25)/t11-/m1/s1. The van der Waals surface area contributed by atoms with Crippen LogP contribution in [0.3, 0.4) is 0 Å². The van der Waals surface area contributed by atoms with Crippen LogP contribution in [0.25, 0.3) is 5.65 Å². The first-order valence-electron chi connectivity index (χ1n) is 8.45. The van der Waals surface area contributed by atoms with E-state index in [-0.39, 0.29) is 12.1 Å². The number of rotatable bonds is 6. The molecule has 3 heterocycles. The van der Waals surface area contributed by atoms with Gasteiger partial charge in [0.1, 0.15) is 5.65 Å². The molecule has 4 rings (SSSR count). The molecule has 1 saturated carbocycles. The fraction of sp³-hybridized carbons (Fsp3) is 0.438. The average Bonchev–Trinajstić information content (AvgIpc) is 3.18. The Hall–Kier alpha value is -2.97. The molecule has 1 aliphatic carbocycles. The first kappa shape index (κ1) is 15.6. The smallest absolute Gasteiger partial charge is 0.315 e. The molecular formula is C16H20N8O. The third-order valence-corrected chi connectivity index (χ3v) is 4.23. The third-order valence-electron chi connectivity index (χ3n) is 4.23. The van der Waals surface area contributed by atoms with E-state index in [1.165, 1.54) is 0 Å². The third kappa shape index (κ3) is 3.44. The van der Waals surface area contributed by atoms with Crippen LogP contribution in [-0.2, 0) is 6.42 Å². The molecule has 0 unspecified atom stereocenters. The number of carbonyl (C=O) groups excluding carboxylic acids is 1. The number of carbonyl (C=O) groups is 1. The predicted molar refractivity (Wildman–Crippen MR) is 89.9 cm³/mol. The minimum Gasteiger partial charge on any atom is -0.338 e. The van der Waals surface area contributed by atoms with Crippen LogP contribution in [0.2, 0.25) is 0 Å². The van der Waals surface area contributed by atoms with Crippen molar-refractivity contribution in [3.05, 3.63) is 42.1 Å². The van der Waals surface area contributed by atoms with Crippen LogP contribution in [0.5, 0.6) is 0 Å². The Balaban J connectivity index is 1.28. The second-order valence-corrected chi connectivity index (χ2v) is 6.28. The number of hydrogen-bond acceptors (Lipinski definition) is 5. The molecule has 130 valence electrons. The van der Waals surface area contributed by atoms with Crippen molar-refractivity contribution in [3.63, 3.8) is 0 Å². The van der Waals surface area contributed by atoms with Crippen LogP contribution in [0.1, 0.15) is 43.4 Å². The van der Waals surface area contributed by atoms with Gasteiger partial charge in [-0.05, 0) is 42.3 Å². The van der Waals surface area contributed by atoms with Gasteiger partial charge in [0.2, 0.25) is 0 Å². The second kappa shape index (κ2) is 6.50. The van der Waals surface area contributed by atoms with Gasteiger partial charge in [-0.2, -0.15) is 0 Å². The highest BCUT2D eigenvalue weighted by atomic mass is 16.2. The van der Waals surface area contributed by atoms with Crippen molar-refractivity contribution in [1.29, 1.82) is 0 Å². The van der Waals surface area contributed by atoms with Gasteiger partial charge in [0, 0.05) is 25.4 Å². The Morgan fingerprint density at radius 2 is 2.28 bits per heavy atom. The summed E-state index contributed by atoms with van der Waals surface area (Å²) in [6.45, 7) is 2.39. The molecule has 0 saturated heterocycles. The van der Waals surface area contributed by atoms with Crippen molar-refractivity contribution in [2.45, 2.75) is 38.3 Å². The van der Waals surface area contributed by atoms with Gasteiger partial charge in [-0.15, -0.1) is 5.10 Å². The molecule has 3 aromatic rings. The summed E-state index contributed by atoms with van der Waals surface area (Å²) in [6.07, 6.45) is 6.79. The number of urea groups is 1. The van der Waals surface area contributed by atoms with Crippen LogP contribution >= 0.6 is 0 Å². The summed E-state index contributed by atoms with van der Waals surface area (Å²) in [4.78, 5) is 16.6. The normalized spacial score (nSPS) is 15.2. The number of nitrogens with one attached hydrogen (secondary N) is 2. The SMILES string of the molecule is C[C@@H](NC(=O)NCCc1cn2ccccc2n1)c1nnnn1C1CC1. The van der Waals surface area contributed by atoms with Gasteiger partial charge in [-0.25, -0.2) is 14.5 Å². The molecular weight excluding hydrogens is 320 g/mol. The molecule has 1 fully saturated rings. The Kier molecular flexibility index (Phi) is 4.04. The van der Waals surface area contributed by atoms with E-state index in [2.05, 4.69) is 31.1 Å². The van der Waals surface area contributed by atoms with Crippen molar-refractivity contribution in [1.82, 2.24) is 40.2 Å². The van der Waals surface area contributed by atoms with Crippen molar-refractivity contribution in [2.24, 2.45) is 0 Å². The maximum atomic E-state index is 12.1. The molecule has 0 bridgehead atoms. The fourth-order valence-corrected chi connectivity index (χ4v) is 2.79. The Labute approximate surface area is 144 Å². The van der Waals surface area contributed by atoms with Gasteiger partial charge in [-0.1, -0.05) is 6.07 Å². The number of amides is 2. The largest absolute Gasteiger partial charge is 0.338 e. The van der Waals surface area contributed by atoms with Crippen molar-refractivity contribution in [3.8, 4) is 0 Å². The van der Waals surface area contributed by atoms with E-state index in [1.54, 1.807) is 0 Å².